The van der Waals surface area contributed by atoms with Crippen LogP contribution in [-0.4, -0.2) is 6.54 Å². The second kappa shape index (κ2) is 5.15. The summed E-state index contributed by atoms with van der Waals surface area (Å²) in [6, 6.07) is 4.83. The van der Waals surface area contributed by atoms with Gasteiger partial charge in [-0.1, -0.05) is 24.9 Å². The highest BCUT2D eigenvalue weighted by Crippen LogP contribution is 2.39. The lowest BCUT2D eigenvalue weighted by Gasteiger charge is -2.35. The molecule has 0 aromatic heterocycles. The van der Waals surface area contributed by atoms with Crippen molar-refractivity contribution in [2.24, 2.45) is 5.92 Å². The van der Waals surface area contributed by atoms with Gasteiger partial charge in [-0.25, -0.2) is 4.39 Å². The predicted octanol–water partition coefficient (Wildman–Crippen LogP) is 3.93. The molecular formula is C13H17ClFN. The molecule has 1 nitrogen and oxygen atoms in total. The molecule has 0 aliphatic heterocycles. The Morgan fingerprint density at radius 2 is 2.25 bits per heavy atom. The molecule has 1 saturated carbocycles. The van der Waals surface area contributed by atoms with Crippen LogP contribution >= 0.6 is 11.6 Å². The molecule has 0 spiro atoms. The van der Waals surface area contributed by atoms with Gasteiger partial charge >= 0.3 is 0 Å². The average molecular weight is 242 g/mol. The molecule has 2 rings (SSSR count). The van der Waals surface area contributed by atoms with Crippen molar-refractivity contribution >= 4 is 11.6 Å². The molecule has 0 heterocycles. The van der Waals surface area contributed by atoms with E-state index in [0.29, 0.717) is 10.9 Å². The van der Waals surface area contributed by atoms with Gasteiger partial charge in [0.1, 0.15) is 5.82 Å². The van der Waals surface area contributed by atoms with Gasteiger partial charge in [0.25, 0.3) is 0 Å². The molecule has 1 atom stereocenters. The second-order valence-electron chi connectivity index (χ2n) is 4.39. The molecule has 3 heteroatoms. The quantitative estimate of drug-likeness (QED) is 0.842. The highest BCUT2D eigenvalue weighted by molar-refractivity contribution is 6.31. The van der Waals surface area contributed by atoms with Crippen molar-refractivity contribution in [2.75, 3.05) is 6.54 Å². The van der Waals surface area contributed by atoms with Gasteiger partial charge in [0.2, 0.25) is 0 Å². The minimum absolute atomic E-state index is 0.207. The Labute approximate surface area is 101 Å². The van der Waals surface area contributed by atoms with Gasteiger partial charge < -0.3 is 5.32 Å². The third kappa shape index (κ3) is 2.38. The van der Waals surface area contributed by atoms with Crippen LogP contribution in [0.2, 0.25) is 5.02 Å². The summed E-state index contributed by atoms with van der Waals surface area (Å²) in [5, 5.41) is 4.08. The van der Waals surface area contributed by atoms with Crippen LogP contribution < -0.4 is 5.32 Å². The topological polar surface area (TPSA) is 12.0 Å². The van der Waals surface area contributed by atoms with Gasteiger partial charge in [-0.05, 0) is 49.1 Å². The van der Waals surface area contributed by atoms with Crippen molar-refractivity contribution in [3.05, 3.63) is 34.6 Å². The van der Waals surface area contributed by atoms with Crippen molar-refractivity contribution in [2.45, 2.75) is 32.2 Å². The molecule has 1 N–H and O–H groups in total. The zero-order chi connectivity index (χ0) is 11.5. The van der Waals surface area contributed by atoms with Crippen LogP contribution in [-0.2, 0) is 0 Å². The van der Waals surface area contributed by atoms with Crippen molar-refractivity contribution in [3.8, 4) is 0 Å². The predicted molar refractivity (Wildman–Crippen MR) is 65.2 cm³/mol. The molecule has 1 unspecified atom stereocenters. The van der Waals surface area contributed by atoms with Crippen molar-refractivity contribution in [1.29, 1.82) is 0 Å². The van der Waals surface area contributed by atoms with Crippen LogP contribution in [0, 0.1) is 11.7 Å². The maximum absolute atomic E-state index is 13.2. The van der Waals surface area contributed by atoms with Crippen LogP contribution in [0.5, 0.6) is 0 Å². The second-order valence-corrected chi connectivity index (χ2v) is 4.80. The summed E-state index contributed by atoms with van der Waals surface area (Å²) in [4.78, 5) is 0. The number of halogens is 2. The van der Waals surface area contributed by atoms with Crippen LogP contribution in [0.3, 0.4) is 0 Å². The smallest absolute Gasteiger partial charge is 0.123 e. The number of hydrogen-bond acceptors (Lipinski definition) is 1. The van der Waals surface area contributed by atoms with Gasteiger partial charge in [-0.15, -0.1) is 0 Å². The summed E-state index contributed by atoms with van der Waals surface area (Å²) in [6.45, 7) is 2.95. The zero-order valence-corrected chi connectivity index (χ0v) is 10.2. The summed E-state index contributed by atoms with van der Waals surface area (Å²) >= 11 is 6.15. The largest absolute Gasteiger partial charge is 0.310 e. The molecule has 1 aliphatic carbocycles. The lowest BCUT2D eigenvalue weighted by Crippen LogP contribution is -2.32. The zero-order valence-electron chi connectivity index (χ0n) is 9.47. The fourth-order valence-corrected chi connectivity index (χ4v) is 2.51. The van der Waals surface area contributed by atoms with E-state index in [2.05, 4.69) is 12.2 Å². The lowest BCUT2D eigenvalue weighted by atomic mass is 9.77. The third-order valence-corrected chi connectivity index (χ3v) is 3.68. The SMILES string of the molecule is CCNC(c1cc(F)ccc1Cl)C1CCC1. The van der Waals surface area contributed by atoms with E-state index in [1.165, 1.54) is 25.3 Å². The minimum atomic E-state index is -0.207. The highest BCUT2D eigenvalue weighted by Gasteiger charge is 2.29. The van der Waals surface area contributed by atoms with Gasteiger partial charge in [0.15, 0.2) is 0 Å². The number of benzene rings is 1. The summed E-state index contributed by atoms with van der Waals surface area (Å²) in [6.07, 6.45) is 3.70. The molecular weight excluding hydrogens is 225 g/mol. The molecule has 88 valence electrons. The fraction of sp³-hybridized carbons (Fsp3) is 0.538. The number of nitrogens with one attached hydrogen (secondary N) is 1. The van der Waals surface area contributed by atoms with Crippen LogP contribution in [0.1, 0.15) is 37.8 Å². The first-order valence-corrected chi connectivity index (χ1v) is 6.28. The Hall–Kier alpha value is -0.600. The van der Waals surface area contributed by atoms with Crippen molar-refractivity contribution in [1.82, 2.24) is 5.32 Å². The molecule has 0 bridgehead atoms. The fourth-order valence-electron chi connectivity index (χ4n) is 2.28. The van der Waals surface area contributed by atoms with Gasteiger partial charge in [0.05, 0.1) is 0 Å². The van der Waals surface area contributed by atoms with E-state index in [4.69, 9.17) is 11.6 Å². The van der Waals surface area contributed by atoms with Gasteiger partial charge in [-0.2, -0.15) is 0 Å². The minimum Gasteiger partial charge on any atom is -0.310 e. The van der Waals surface area contributed by atoms with E-state index in [-0.39, 0.29) is 11.9 Å². The van der Waals surface area contributed by atoms with E-state index < -0.39 is 0 Å². The van der Waals surface area contributed by atoms with Crippen LogP contribution in [0.15, 0.2) is 18.2 Å². The average Bonchev–Trinajstić information content (AvgIpc) is 2.18. The van der Waals surface area contributed by atoms with E-state index >= 15 is 0 Å². The summed E-state index contributed by atoms with van der Waals surface area (Å²) in [5.74, 6) is 0.404. The molecule has 16 heavy (non-hydrogen) atoms. The number of rotatable bonds is 4. The first-order chi connectivity index (χ1) is 7.72. The summed E-state index contributed by atoms with van der Waals surface area (Å²) < 4.78 is 13.2. The summed E-state index contributed by atoms with van der Waals surface area (Å²) in [5.41, 5.74) is 0.910. The first-order valence-electron chi connectivity index (χ1n) is 5.90. The number of hydrogen-bond donors (Lipinski definition) is 1. The highest BCUT2D eigenvalue weighted by atomic mass is 35.5. The van der Waals surface area contributed by atoms with E-state index in [9.17, 15) is 4.39 Å². The molecule has 1 fully saturated rings. The van der Waals surface area contributed by atoms with Crippen molar-refractivity contribution in [3.63, 3.8) is 0 Å². The van der Waals surface area contributed by atoms with Gasteiger partial charge in [-0.3, -0.25) is 0 Å². The Balaban J connectivity index is 2.25. The Morgan fingerprint density at radius 1 is 1.50 bits per heavy atom. The molecule has 1 aliphatic rings. The normalized spacial score (nSPS) is 18.2. The Kier molecular flexibility index (Phi) is 3.82. The van der Waals surface area contributed by atoms with Crippen LogP contribution in [0.25, 0.3) is 0 Å². The first kappa shape index (κ1) is 11.9. The maximum Gasteiger partial charge on any atom is 0.123 e. The van der Waals surface area contributed by atoms with E-state index in [1.54, 1.807) is 12.1 Å². The Morgan fingerprint density at radius 3 is 2.81 bits per heavy atom. The molecule has 1 aromatic carbocycles. The lowest BCUT2D eigenvalue weighted by molar-refractivity contribution is 0.233. The van der Waals surface area contributed by atoms with E-state index in [1.807, 2.05) is 0 Å². The standard InChI is InChI=1S/C13H17ClFN/c1-2-16-13(9-4-3-5-9)11-8-10(15)6-7-12(11)14/h6-9,13,16H,2-5H2,1H3. The van der Waals surface area contributed by atoms with E-state index in [0.717, 1.165) is 12.1 Å². The van der Waals surface area contributed by atoms with Crippen LogP contribution in [0.4, 0.5) is 4.39 Å². The molecule has 0 amide bonds. The molecule has 0 saturated heterocycles. The van der Waals surface area contributed by atoms with Crippen molar-refractivity contribution < 1.29 is 4.39 Å². The molecule has 0 radical (unpaired) electrons. The van der Waals surface area contributed by atoms with Gasteiger partial charge in [0, 0.05) is 11.1 Å². The third-order valence-electron chi connectivity index (χ3n) is 3.34. The molecule has 1 aromatic rings. The maximum atomic E-state index is 13.2. The monoisotopic (exact) mass is 241 g/mol. The summed E-state index contributed by atoms with van der Waals surface area (Å²) in [7, 11) is 0. The Bertz CT molecular complexity index is 363.